The summed E-state index contributed by atoms with van der Waals surface area (Å²) in [5, 5.41) is 9.00. The van der Waals surface area contributed by atoms with E-state index in [1.165, 1.54) is 6.07 Å². The lowest BCUT2D eigenvalue weighted by atomic mass is 10.1. The number of hydrogen-bond donors (Lipinski definition) is 1. The van der Waals surface area contributed by atoms with Gasteiger partial charge in [-0.1, -0.05) is 6.92 Å². The standard InChI is InChI=1S/C16H23NO4/c1-6-9-17(15(20)21-16(3,4)5)13-8-7-12(14(18)19)10-11(13)2/h7-8,10H,6,9H2,1-5H3,(H,18,19). The molecule has 0 bridgehead atoms. The van der Waals surface area contributed by atoms with E-state index in [1.54, 1.807) is 24.0 Å². The second-order valence-corrected chi connectivity index (χ2v) is 5.94. The fraction of sp³-hybridized carbons (Fsp3) is 0.500. The molecule has 1 N–H and O–H groups in total. The monoisotopic (exact) mass is 293 g/mol. The lowest BCUT2D eigenvalue weighted by Crippen LogP contribution is -2.37. The summed E-state index contributed by atoms with van der Waals surface area (Å²) in [6.07, 6.45) is 0.356. The minimum absolute atomic E-state index is 0.205. The van der Waals surface area contributed by atoms with E-state index >= 15 is 0 Å². The Kier molecular flexibility index (Phi) is 5.35. The zero-order valence-corrected chi connectivity index (χ0v) is 13.3. The van der Waals surface area contributed by atoms with Crippen molar-refractivity contribution in [2.45, 2.75) is 46.6 Å². The quantitative estimate of drug-likeness (QED) is 0.915. The van der Waals surface area contributed by atoms with Crippen LogP contribution in [-0.4, -0.2) is 29.3 Å². The predicted octanol–water partition coefficient (Wildman–Crippen LogP) is 3.84. The molecule has 5 heteroatoms. The Balaban J connectivity index is 3.11. The van der Waals surface area contributed by atoms with Crippen LogP contribution in [0.1, 0.15) is 50.0 Å². The van der Waals surface area contributed by atoms with E-state index in [-0.39, 0.29) is 5.56 Å². The van der Waals surface area contributed by atoms with E-state index in [0.29, 0.717) is 12.2 Å². The van der Waals surface area contributed by atoms with Crippen LogP contribution >= 0.6 is 0 Å². The topological polar surface area (TPSA) is 66.8 Å². The zero-order valence-electron chi connectivity index (χ0n) is 13.3. The van der Waals surface area contributed by atoms with Crippen LogP contribution in [0.25, 0.3) is 0 Å². The smallest absolute Gasteiger partial charge is 0.414 e. The van der Waals surface area contributed by atoms with Gasteiger partial charge < -0.3 is 9.84 Å². The molecule has 1 aromatic carbocycles. The third-order valence-electron chi connectivity index (χ3n) is 2.80. The van der Waals surface area contributed by atoms with Gasteiger partial charge in [0.05, 0.1) is 5.56 Å². The minimum Gasteiger partial charge on any atom is -0.478 e. The number of carbonyl (C=O) groups excluding carboxylic acids is 1. The van der Waals surface area contributed by atoms with Gasteiger partial charge in [-0.15, -0.1) is 0 Å². The normalized spacial score (nSPS) is 11.1. The number of anilines is 1. The van der Waals surface area contributed by atoms with Crippen molar-refractivity contribution < 1.29 is 19.4 Å². The van der Waals surface area contributed by atoms with Crippen LogP contribution in [0.5, 0.6) is 0 Å². The van der Waals surface area contributed by atoms with Crippen molar-refractivity contribution in [1.82, 2.24) is 0 Å². The molecule has 1 aromatic rings. The van der Waals surface area contributed by atoms with Crippen LogP contribution in [0.15, 0.2) is 18.2 Å². The van der Waals surface area contributed by atoms with Crippen molar-refractivity contribution in [3.05, 3.63) is 29.3 Å². The van der Waals surface area contributed by atoms with Gasteiger partial charge in [-0.2, -0.15) is 0 Å². The zero-order chi connectivity index (χ0) is 16.2. The third-order valence-corrected chi connectivity index (χ3v) is 2.80. The first-order valence-electron chi connectivity index (χ1n) is 7.00. The average molecular weight is 293 g/mol. The molecule has 0 aliphatic carbocycles. The summed E-state index contributed by atoms with van der Waals surface area (Å²) < 4.78 is 5.41. The van der Waals surface area contributed by atoms with E-state index in [0.717, 1.165) is 12.0 Å². The molecule has 5 nitrogen and oxygen atoms in total. The minimum atomic E-state index is -0.982. The summed E-state index contributed by atoms with van der Waals surface area (Å²) in [6.45, 7) is 9.72. The third kappa shape index (κ3) is 4.77. The van der Waals surface area contributed by atoms with Crippen LogP contribution in [0.4, 0.5) is 10.5 Å². The number of ether oxygens (including phenoxy) is 1. The van der Waals surface area contributed by atoms with Crippen molar-refractivity contribution in [1.29, 1.82) is 0 Å². The molecule has 0 saturated heterocycles. The Labute approximate surface area is 125 Å². The molecule has 0 aliphatic rings. The average Bonchev–Trinajstić information content (AvgIpc) is 2.34. The molecule has 0 saturated carbocycles. The number of rotatable bonds is 4. The predicted molar refractivity (Wildman–Crippen MR) is 82.0 cm³/mol. The molecule has 0 radical (unpaired) electrons. The highest BCUT2D eigenvalue weighted by Crippen LogP contribution is 2.24. The highest BCUT2D eigenvalue weighted by molar-refractivity contribution is 5.92. The van der Waals surface area contributed by atoms with Gasteiger partial charge >= 0.3 is 12.1 Å². The lowest BCUT2D eigenvalue weighted by Gasteiger charge is -2.28. The Morgan fingerprint density at radius 2 is 1.90 bits per heavy atom. The summed E-state index contributed by atoms with van der Waals surface area (Å²) in [5.74, 6) is -0.982. The number of hydrogen-bond acceptors (Lipinski definition) is 3. The fourth-order valence-corrected chi connectivity index (χ4v) is 1.94. The van der Waals surface area contributed by atoms with E-state index in [1.807, 2.05) is 27.7 Å². The van der Waals surface area contributed by atoms with Crippen LogP contribution < -0.4 is 4.90 Å². The molecule has 0 unspecified atom stereocenters. The van der Waals surface area contributed by atoms with Crippen molar-refractivity contribution in [2.24, 2.45) is 0 Å². The summed E-state index contributed by atoms with van der Waals surface area (Å²) in [7, 11) is 0. The first-order valence-corrected chi connectivity index (χ1v) is 7.00. The van der Waals surface area contributed by atoms with Gasteiger partial charge in [0, 0.05) is 12.2 Å². The van der Waals surface area contributed by atoms with Gasteiger partial charge in [-0.3, -0.25) is 4.90 Å². The van der Waals surface area contributed by atoms with Crippen LogP contribution in [-0.2, 0) is 4.74 Å². The van der Waals surface area contributed by atoms with E-state index in [2.05, 4.69) is 0 Å². The molecule has 0 heterocycles. The molecule has 1 amide bonds. The summed E-state index contributed by atoms with van der Waals surface area (Å²) in [6, 6.07) is 4.71. The molecular weight excluding hydrogens is 270 g/mol. The molecule has 21 heavy (non-hydrogen) atoms. The first kappa shape index (κ1) is 17.0. The van der Waals surface area contributed by atoms with Gasteiger partial charge in [0.2, 0.25) is 0 Å². The Morgan fingerprint density at radius 1 is 1.29 bits per heavy atom. The maximum atomic E-state index is 12.3. The van der Waals surface area contributed by atoms with E-state index in [4.69, 9.17) is 9.84 Å². The number of nitrogens with zero attached hydrogens (tertiary/aromatic N) is 1. The SMILES string of the molecule is CCCN(C(=O)OC(C)(C)C)c1ccc(C(=O)O)cc1C. The molecule has 0 aliphatic heterocycles. The molecular formula is C16H23NO4. The molecule has 116 valence electrons. The lowest BCUT2D eigenvalue weighted by molar-refractivity contribution is 0.0579. The van der Waals surface area contributed by atoms with E-state index in [9.17, 15) is 9.59 Å². The van der Waals surface area contributed by atoms with Crippen molar-refractivity contribution in [2.75, 3.05) is 11.4 Å². The van der Waals surface area contributed by atoms with Crippen molar-refractivity contribution >= 4 is 17.7 Å². The van der Waals surface area contributed by atoms with Crippen LogP contribution in [0.2, 0.25) is 0 Å². The fourth-order valence-electron chi connectivity index (χ4n) is 1.94. The van der Waals surface area contributed by atoms with E-state index < -0.39 is 17.7 Å². The highest BCUT2D eigenvalue weighted by atomic mass is 16.6. The van der Waals surface area contributed by atoms with Crippen LogP contribution in [0.3, 0.4) is 0 Å². The molecule has 0 spiro atoms. The molecule has 1 rings (SSSR count). The Hall–Kier alpha value is -2.04. The number of carboxylic acid groups (broad SMARTS) is 1. The summed E-state index contributed by atoms with van der Waals surface area (Å²) >= 11 is 0. The van der Waals surface area contributed by atoms with Crippen molar-refractivity contribution in [3.8, 4) is 0 Å². The number of amides is 1. The van der Waals surface area contributed by atoms with Gasteiger partial charge in [0.15, 0.2) is 0 Å². The summed E-state index contributed by atoms with van der Waals surface area (Å²) in [5.41, 5.74) is 1.04. The van der Waals surface area contributed by atoms with Gasteiger partial charge in [-0.25, -0.2) is 9.59 Å². The van der Waals surface area contributed by atoms with Crippen molar-refractivity contribution in [3.63, 3.8) is 0 Å². The van der Waals surface area contributed by atoms with Gasteiger partial charge in [-0.05, 0) is 57.9 Å². The van der Waals surface area contributed by atoms with Gasteiger partial charge in [0.25, 0.3) is 0 Å². The van der Waals surface area contributed by atoms with Crippen LogP contribution in [0, 0.1) is 6.92 Å². The number of carbonyl (C=O) groups is 2. The Morgan fingerprint density at radius 3 is 2.33 bits per heavy atom. The number of aryl methyl sites for hydroxylation is 1. The van der Waals surface area contributed by atoms with Gasteiger partial charge in [0.1, 0.15) is 5.60 Å². The number of aromatic carboxylic acids is 1. The second kappa shape index (κ2) is 6.61. The second-order valence-electron chi connectivity index (χ2n) is 5.94. The molecule has 0 aromatic heterocycles. The largest absolute Gasteiger partial charge is 0.478 e. The number of benzene rings is 1. The first-order chi connectivity index (χ1) is 9.65. The maximum absolute atomic E-state index is 12.3. The summed E-state index contributed by atoms with van der Waals surface area (Å²) in [4.78, 5) is 24.8. The molecule has 0 atom stereocenters. The number of carboxylic acids is 1. The maximum Gasteiger partial charge on any atom is 0.414 e. The Bertz CT molecular complexity index is 532. The molecule has 0 fully saturated rings. The highest BCUT2D eigenvalue weighted by Gasteiger charge is 2.24.